The zero-order valence-electron chi connectivity index (χ0n) is 17.8. The Balaban J connectivity index is 1.18. The van der Waals surface area contributed by atoms with Gasteiger partial charge in [0.1, 0.15) is 17.4 Å². The van der Waals surface area contributed by atoms with E-state index < -0.39 is 0 Å². The van der Waals surface area contributed by atoms with Crippen LogP contribution in [0.15, 0.2) is 29.6 Å². The minimum Gasteiger partial charge on any atom is -0.486 e. The van der Waals surface area contributed by atoms with Crippen LogP contribution in [0.25, 0.3) is 0 Å². The predicted octanol–water partition coefficient (Wildman–Crippen LogP) is 5.12. The average Bonchev–Trinajstić information content (AvgIpc) is 3.02. The Morgan fingerprint density at radius 1 is 0.966 bits per heavy atom. The van der Waals surface area contributed by atoms with Crippen LogP contribution >= 0.6 is 11.3 Å². The first-order chi connectivity index (χ1) is 14.2. The van der Waals surface area contributed by atoms with Crippen molar-refractivity contribution in [2.75, 3.05) is 32.7 Å². The van der Waals surface area contributed by atoms with Crippen LogP contribution in [0, 0.1) is 12.8 Å². The van der Waals surface area contributed by atoms with Crippen LogP contribution in [0.1, 0.15) is 54.8 Å². The van der Waals surface area contributed by atoms with E-state index in [9.17, 15) is 0 Å². The highest BCUT2D eigenvalue weighted by atomic mass is 32.1. The van der Waals surface area contributed by atoms with Crippen molar-refractivity contribution in [2.45, 2.75) is 58.6 Å². The molecule has 4 nitrogen and oxygen atoms in total. The van der Waals surface area contributed by atoms with Gasteiger partial charge in [-0.25, -0.2) is 4.98 Å². The lowest BCUT2D eigenvalue weighted by Gasteiger charge is -2.34. The highest BCUT2D eigenvalue weighted by molar-refractivity contribution is 7.09. The van der Waals surface area contributed by atoms with E-state index in [0.717, 1.165) is 23.2 Å². The number of thiazole rings is 1. The largest absolute Gasteiger partial charge is 0.486 e. The number of benzene rings is 1. The summed E-state index contributed by atoms with van der Waals surface area (Å²) in [5.41, 5.74) is 2.45. The van der Waals surface area contributed by atoms with Gasteiger partial charge in [0.2, 0.25) is 0 Å². The number of ether oxygens (including phenoxy) is 1. The van der Waals surface area contributed by atoms with Crippen molar-refractivity contribution in [3.8, 4) is 5.75 Å². The molecule has 4 rings (SSSR count). The molecule has 0 atom stereocenters. The second-order valence-electron chi connectivity index (χ2n) is 8.77. The molecule has 2 saturated heterocycles. The molecule has 0 saturated carbocycles. The van der Waals surface area contributed by atoms with Gasteiger partial charge < -0.3 is 9.64 Å². The van der Waals surface area contributed by atoms with Gasteiger partial charge in [0.15, 0.2) is 0 Å². The van der Waals surface area contributed by atoms with Crippen molar-refractivity contribution in [1.29, 1.82) is 0 Å². The lowest BCUT2D eigenvalue weighted by molar-refractivity contribution is 0.139. The van der Waals surface area contributed by atoms with Crippen molar-refractivity contribution in [2.24, 2.45) is 5.92 Å². The quantitative estimate of drug-likeness (QED) is 0.630. The molecule has 0 aliphatic carbocycles. The van der Waals surface area contributed by atoms with E-state index in [0.29, 0.717) is 6.61 Å². The highest BCUT2D eigenvalue weighted by Gasteiger charge is 2.22. The lowest BCUT2D eigenvalue weighted by atomic mass is 9.96. The van der Waals surface area contributed by atoms with Crippen molar-refractivity contribution < 1.29 is 4.74 Å². The Labute approximate surface area is 179 Å². The van der Waals surface area contributed by atoms with E-state index in [1.165, 1.54) is 82.5 Å². The molecule has 5 heteroatoms. The molecule has 2 aliphatic heterocycles. The van der Waals surface area contributed by atoms with Gasteiger partial charge in [-0.15, -0.1) is 11.3 Å². The molecule has 0 amide bonds. The second-order valence-corrected chi connectivity index (χ2v) is 9.71. The number of nitrogens with zero attached hydrogens (tertiary/aromatic N) is 3. The Bertz CT molecular complexity index is 729. The number of likely N-dealkylation sites (tertiary alicyclic amines) is 2. The topological polar surface area (TPSA) is 28.6 Å². The average molecular weight is 414 g/mol. The maximum absolute atomic E-state index is 5.88. The summed E-state index contributed by atoms with van der Waals surface area (Å²) in [7, 11) is 0. The van der Waals surface area contributed by atoms with Gasteiger partial charge in [-0.3, -0.25) is 4.90 Å². The maximum Gasteiger partial charge on any atom is 0.140 e. The number of aryl methyl sites for hydroxylation is 1. The Hall–Kier alpha value is -1.43. The maximum atomic E-state index is 5.88. The van der Waals surface area contributed by atoms with E-state index in [2.05, 4.69) is 34.2 Å². The van der Waals surface area contributed by atoms with Crippen molar-refractivity contribution in [1.82, 2.24) is 14.8 Å². The molecular formula is C24H35N3OS. The normalized spacial score (nSPS) is 19.9. The molecule has 0 N–H and O–H groups in total. The van der Waals surface area contributed by atoms with Gasteiger partial charge in [0.05, 0.1) is 5.69 Å². The van der Waals surface area contributed by atoms with Crippen molar-refractivity contribution in [3.63, 3.8) is 0 Å². The van der Waals surface area contributed by atoms with Gasteiger partial charge in [0, 0.05) is 18.5 Å². The van der Waals surface area contributed by atoms with Crippen molar-refractivity contribution >= 4 is 11.3 Å². The van der Waals surface area contributed by atoms with Crippen LogP contribution in [0.3, 0.4) is 0 Å². The number of piperidine rings is 1. The third-order valence-electron chi connectivity index (χ3n) is 6.29. The Morgan fingerprint density at radius 2 is 1.69 bits per heavy atom. The summed E-state index contributed by atoms with van der Waals surface area (Å²) in [6, 6.07) is 8.22. The van der Waals surface area contributed by atoms with Gasteiger partial charge in [-0.2, -0.15) is 0 Å². The van der Waals surface area contributed by atoms with E-state index in [1.54, 1.807) is 11.3 Å². The third kappa shape index (κ3) is 6.53. The summed E-state index contributed by atoms with van der Waals surface area (Å²) >= 11 is 1.72. The molecule has 1 aromatic carbocycles. The lowest BCUT2D eigenvalue weighted by Crippen LogP contribution is -2.38. The monoisotopic (exact) mass is 413 g/mol. The zero-order valence-corrected chi connectivity index (χ0v) is 18.6. The smallest absolute Gasteiger partial charge is 0.140 e. The molecule has 0 radical (unpaired) electrons. The van der Waals surface area contributed by atoms with Crippen LogP contribution in [0.5, 0.6) is 5.75 Å². The third-order valence-corrected chi connectivity index (χ3v) is 7.16. The number of aromatic nitrogens is 1. The summed E-state index contributed by atoms with van der Waals surface area (Å²) in [4.78, 5) is 10.1. The summed E-state index contributed by atoms with van der Waals surface area (Å²) in [5.74, 6) is 1.80. The fourth-order valence-electron chi connectivity index (χ4n) is 4.51. The molecule has 29 heavy (non-hydrogen) atoms. The summed E-state index contributed by atoms with van der Waals surface area (Å²) in [6.45, 7) is 10.0. The molecule has 1 aromatic heterocycles. The van der Waals surface area contributed by atoms with Gasteiger partial charge in [-0.1, -0.05) is 30.5 Å². The fraction of sp³-hybridized carbons (Fsp3) is 0.625. The molecule has 3 heterocycles. The number of rotatable bonds is 7. The molecule has 2 aliphatic rings. The van der Waals surface area contributed by atoms with Crippen LogP contribution in [-0.2, 0) is 13.2 Å². The first-order valence-corrected chi connectivity index (χ1v) is 12.2. The SMILES string of the molecule is Cc1ccc(OCc2nc(CN3CCC(CN4CCCCCC4)CC3)cs2)cc1. The minimum atomic E-state index is 0.561. The number of hydrogen-bond acceptors (Lipinski definition) is 5. The number of hydrogen-bond donors (Lipinski definition) is 0. The second kappa shape index (κ2) is 10.6. The molecule has 2 aromatic rings. The Kier molecular flexibility index (Phi) is 7.58. The Morgan fingerprint density at radius 3 is 2.41 bits per heavy atom. The summed E-state index contributed by atoms with van der Waals surface area (Å²) in [6.07, 6.45) is 8.34. The molecule has 0 spiro atoms. The van der Waals surface area contributed by atoms with E-state index in [-0.39, 0.29) is 0 Å². The first kappa shape index (κ1) is 20.8. The van der Waals surface area contributed by atoms with Crippen LogP contribution in [-0.4, -0.2) is 47.5 Å². The van der Waals surface area contributed by atoms with E-state index in [1.807, 2.05) is 12.1 Å². The molecule has 0 unspecified atom stereocenters. The molecule has 0 bridgehead atoms. The molecular weight excluding hydrogens is 378 g/mol. The van der Waals surface area contributed by atoms with Gasteiger partial charge >= 0.3 is 0 Å². The van der Waals surface area contributed by atoms with E-state index in [4.69, 9.17) is 9.72 Å². The van der Waals surface area contributed by atoms with Gasteiger partial charge in [-0.05, 0) is 76.8 Å². The van der Waals surface area contributed by atoms with E-state index >= 15 is 0 Å². The zero-order chi connectivity index (χ0) is 19.9. The van der Waals surface area contributed by atoms with Crippen LogP contribution in [0.4, 0.5) is 0 Å². The molecule has 2 fully saturated rings. The standard InChI is InChI=1S/C24H35N3OS/c1-20-6-8-23(9-7-20)28-18-24-25-22(19-29-24)17-27-14-10-21(11-15-27)16-26-12-4-2-3-5-13-26/h6-9,19,21H,2-5,10-18H2,1H3. The van der Waals surface area contributed by atoms with Crippen molar-refractivity contribution in [3.05, 3.63) is 45.9 Å². The van der Waals surface area contributed by atoms with Crippen LogP contribution < -0.4 is 4.74 Å². The summed E-state index contributed by atoms with van der Waals surface area (Å²) in [5, 5.41) is 3.27. The first-order valence-electron chi connectivity index (χ1n) is 11.3. The fourth-order valence-corrected chi connectivity index (χ4v) is 5.20. The summed E-state index contributed by atoms with van der Waals surface area (Å²) < 4.78 is 5.88. The predicted molar refractivity (Wildman–Crippen MR) is 121 cm³/mol. The van der Waals surface area contributed by atoms with Gasteiger partial charge in [0.25, 0.3) is 0 Å². The highest BCUT2D eigenvalue weighted by Crippen LogP contribution is 2.23. The minimum absolute atomic E-state index is 0.561. The molecule has 158 valence electrons. The van der Waals surface area contributed by atoms with Crippen LogP contribution in [0.2, 0.25) is 0 Å².